The summed E-state index contributed by atoms with van der Waals surface area (Å²) in [5, 5.41) is 4.35. The normalized spacial score (nSPS) is 26.8. The first kappa shape index (κ1) is 16.8. The van der Waals surface area contributed by atoms with Gasteiger partial charge in [0.25, 0.3) is 0 Å². The molecule has 0 saturated heterocycles. The van der Waals surface area contributed by atoms with Gasteiger partial charge in [0.05, 0.1) is 0 Å². The highest BCUT2D eigenvalue weighted by molar-refractivity contribution is 6.31. The van der Waals surface area contributed by atoms with Gasteiger partial charge >= 0.3 is 0 Å². The van der Waals surface area contributed by atoms with Crippen molar-refractivity contribution in [2.45, 2.75) is 52.9 Å². The highest BCUT2D eigenvalue weighted by Crippen LogP contribution is 2.47. The molecule has 0 atom stereocenters. The standard InChI is InChI=1S/C19H30ClN/c1-18(2,3)16-9-11-19(12-10-16,14-21-4)13-15-7-5-6-8-17(15)20/h5-8,16,21H,9-14H2,1-4H3. The monoisotopic (exact) mass is 307 g/mol. The zero-order valence-corrected chi connectivity index (χ0v) is 14.8. The Hall–Kier alpha value is -0.530. The van der Waals surface area contributed by atoms with Crippen molar-refractivity contribution in [3.63, 3.8) is 0 Å². The number of hydrogen-bond donors (Lipinski definition) is 1. The van der Waals surface area contributed by atoms with Gasteiger partial charge in [0.2, 0.25) is 0 Å². The van der Waals surface area contributed by atoms with Crippen LogP contribution in [-0.4, -0.2) is 13.6 Å². The Bertz CT molecular complexity index is 453. The van der Waals surface area contributed by atoms with Gasteiger partial charge in [0.1, 0.15) is 0 Å². The lowest BCUT2D eigenvalue weighted by Crippen LogP contribution is -2.40. The van der Waals surface area contributed by atoms with E-state index in [1.807, 2.05) is 12.1 Å². The van der Waals surface area contributed by atoms with Crippen molar-refractivity contribution in [2.75, 3.05) is 13.6 Å². The number of rotatable bonds is 4. The van der Waals surface area contributed by atoms with Gasteiger partial charge < -0.3 is 5.32 Å². The van der Waals surface area contributed by atoms with Crippen LogP contribution in [0.1, 0.15) is 52.0 Å². The predicted molar refractivity (Wildman–Crippen MR) is 92.9 cm³/mol. The zero-order chi connectivity index (χ0) is 15.5. The van der Waals surface area contributed by atoms with Crippen molar-refractivity contribution in [1.82, 2.24) is 5.32 Å². The highest BCUT2D eigenvalue weighted by Gasteiger charge is 2.38. The summed E-state index contributed by atoms with van der Waals surface area (Å²) < 4.78 is 0. The van der Waals surface area contributed by atoms with Gasteiger partial charge in [0, 0.05) is 11.6 Å². The van der Waals surface area contributed by atoms with Gasteiger partial charge in [-0.1, -0.05) is 50.6 Å². The molecule has 1 fully saturated rings. The third kappa shape index (κ3) is 4.23. The quantitative estimate of drug-likeness (QED) is 0.793. The maximum Gasteiger partial charge on any atom is 0.0438 e. The summed E-state index contributed by atoms with van der Waals surface area (Å²) in [5.74, 6) is 0.855. The van der Waals surface area contributed by atoms with Crippen molar-refractivity contribution in [3.05, 3.63) is 34.9 Å². The molecule has 0 spiro atoms. The molecule has 1 aliphatic carbocycles. The second kappa shape index (κ2) is 6.71. The Morgan fingerprint density at radius 2 is 1.81 bits per heavy atom. The Balaban J connectivity index is 2.11. The molecule has 0 unspecified atom stereocenters. The van der Waals surface area contributed by atoms with Crippen molar-refractivity contribution in [3.8, 4) is 0 Å². The predicted octanol–water partition coefficient (Wildman–Crippen LogP) is 5.32. The molecule has 2 heteroatoms. The number of hydrogen-bond acceptors (Lipinski definition) is 1. The van der Waals surface area contributed by atoms with Crippen LogP contribution in [0, 0.1) is 16.7 Å². The van der Waals surface area contributed by atoms with Gasteiger partial charge in [0.15, 0.2) is 0 Å². The summed E-state index contributed by atoms with van der Waals surface area (Å²) in [4.78, 5) is 0. The van der Waals surface area contributed by atoms with Gasteiger partial charge in [-0.15, -0.1) is 0 Å². The summed E-state index contributed by atoms with van der Waals surface area (Å²) in [6.07, 6.45) is 6.40. The second-order valence-corrected chi connectivity index (χ2v) is 8.35. The van der Waals surface area contributed by atoms with Crippen LogP contribution in [0.25, 0.3) is 0 Å². The molecule has 21 heavy (non-hydrogen) atoms. The van der Waals surface area contributed by atoms with Crippen LogP contribution in [0.3, 0.4) is 0 Å². The SMILES string of the molecule is CNCC1(Cc2ccccc2Cl)CCC(C(C)(C)C)CC1. The average Bonchev–Trinajstić information content (AvgIpc) is 2.41. The third-order valence-electron chi connectivity index (χ3n) is 5.35. The first-order valence-electron chi connectivity index (χ1n) is 8.24. The molecule has 1 N–H and O–H groups in total. The minimum Gasteiger partial charge on any atom is -0.319 e. The Labute approximate surface area is 135 Å². The van der Waals surface area contributed by atoms with Crippen LogP contribution in [-0.2, 0) is 6.42 Å². The van der Waals surface area contributed by atoms with Crippen molar-refractivity contribution < 1.29 is 0 Å². The molecule has 2 rings (SSSR count). The lowest BCUT2D eigenvalue weighted by Gasteiger charge is -2.44. The van der Waals surface area contributed by atoms with Crippen molar-refractivity contribution in [1.29, 1.82) is 0 Å². The number of benzene rings is 1. The molecular formula is C19H30ClN. The third-order valence-corrected chi connectivity index (χ3v) is 5.71. The molecule has 0 aliphatic heterocycles. The van der Waals surface area contributed by atoms with E-state index < -0.39 is 0 Å². The van der Waals surface area contributed by atoms with Gasteiger partial charge in [-0.3, -0.25) is 0 Å². The molecule has 1 aromatic rings. The molecule has 1 aliphatic rings. The molecule has 0 amide bonds. The fraction of sp³-hybridized carbons (Fsp3) is 0.684. The van der Waals surface area contributed by atoms with Crippen LogP contribution in [0.15, 0.2) is 24.3 Å². The molecule has 0 heterocycles. The average molecular weight is 308 g/mol. The number of halogens is 1. The smallest absolute Gasteiger partial charge is 0.0438 e. The van der Waals surface area contributed by atoms with Crippen LogP contribution in [0.5, 0.6) is 0 Å². The summed E-state index contributed by atoms with van der Waals surface area (Å²) >= 11 is 6.39. The molecule has 0 aromatic heterocycles. The summed E-state index contributed by atoms with van der Waals surface area (Å²) in [6.45, 7) is 8.25. The molecule has 1 saturated carbocycles. The number of nitrogens with one attached hydrogen (secondary N) is 1. The van der Waals surface area contributed by atoms with E-state index >= 15 is 0 Å². The van der Waals surface area contributed by atoms with E-state index in [4.69, 9.17) is 11.6 Å². The minimum atomic E-state index is 0.376. The van der Waals surface area contributed by atoms with E-state index in [0.29, 0.717) is 10.8 Å². The molecule has 0 bridgehead atoms. The van der Waals surface area contributed by atoms with Crippen LogP contribution < -0.4 is 5.32 Å². The second-order valence-electron chi connectivity index (χ2n) is 7.94. The van der Waals surface area contributed by atoms with Gasteiger partial charge in [-0.05, 0) is 67.5 Å². The molecule has 118 valence electrons. The fourth-order valence-electron chi connectivity index (χ4n) is 3.93. The van der Waals surface area contributed by atoms with E-state index in [9.17, 15) is 0 Å². The maximum absolute atomic E-state index is 6.39. The molecule has 0 radical (unpaired) electrons. The van der Waals surface area contributed by atoms with Crippen LogP contribution in [0.2, 0.25) is 5.02 Å². The van der Waals surface area contributed by atoms with Crippen LogP contribution in [0.4, 0.5) is 0 Å². The van der Waals surface area contributed by atoms with E-state index in [-0.39, 0.29) is 0 Å². The molecular weight excluding hydrogens is 278 g/mol. The minimum absolute atomic E-state index is 0.376. The van der Waals surface area contributed by atoms with Crippen LogP contribution >= 0.6 is 11.6 Å². The highest BCUT2D eigenvalue weighted by atomic mass is 35.5. The molecule has 1 aromatic carbocycles. The largest absolute Gasteiger partial charge is 0.319 e. The molecule has 1 nitrogen and oxygen atoms in total. The summed E-state index contributed by atoms with van der Waals surface area (Å²) in [5.41, 5.74) is 2.13. The zero-order valence-electron chi connectivity index (χ0n) is 14.0. The maximum atomic E-state index is 6.39. The Morgan fingerprint density at radius 3 is 2.33 bits per heavy atom. The first-order valence-corrected chi connectivity index (χ1v) is 8.62. The summed E-state index contributed by atoms with van der Waals surface area (Å²) in [7, 11) is 2.07. The lowest BCUT2D eigenvalue weighted by molar-refractivity contribution is 0.0877. The van der Waals surface area contributed by atoms with E-state index in [0.717, 1.165) is 23.9 Å². The summed E-state index contributed by atoms with van der Waals surface area (Å²) in [6, 6.07) is 8.34. The Kier molecular flexibility index (Phi) is 5.38. The lowest BCUT2D eigenvalue weighted by atomic mass is 9.62. The van der Waals surface area contributed by atoms with Crippen molar-refractivity contribution >= 4 is 11.6 Å². The Morgan fingerprint density at radius 1 is 1.19 bits per heavy atom. The van der Waals surface area contributed by atoms with Gasteiger partial charge in [-0.25, -0.2) is 0 Å². The van der Waals surface area contributed by atoms with E-state index in [2.05, 4.69) is 45.3 Å². The van der Waals surface area contributed by atoms with E-state index in [1.54, 1.807) is 0 Å². The fourth-order valence-corrected chi connectivity index (χ4v) is 4.14. The van der Waals surface area contributed by atoms with Crippen molar-refractivity contribution in [2.24, 2.45) is 16.7 Å². The van der Waals surface area contributed by atoms with E-state index in [1.165, 1.54) is 31.2 Å². The topological polar surface area (TPSA) is 12.0 Å². The first-order chi connectivity index (χ1) is 9.86. The van der Waals surface area contributed by atoms with Gasteiger partial charge in [-0.2, -0.15) is 0 Å².